The van der Waals surface area contributed by atoms with Crippen LogP contribution in [0.3, 0.4) is 0 Å². The van der Waals surface area contributed by atoms with Crippen molar-refractivity contribution in [2.75, 3.05) is 19.4 Å². The molecule has 0 saturated carbocycles. The Balaban J connectivity index is 2.29. The summed E-state index contributed by atoms with van der Waals surface area (Å²) in [5.74, 6) is 1.14. The zero-order chi connectivity index (χ0) is 14.5. The number of hydrogen-bond acceptors (Lipinski definition) is 5. The van der Waals surface area contributed by atoms with E-state index in [1.807, 2.05) is 18.2 Å². The summed E-state index contributed by atoms with van der Waals surface area (Å²) in [5, 5.41) is 5.23. The number of hydrogen-bond donors (Lipinski definition) is 2. The van der Waals surface area contributed by atoms with Gasteiger partial charge in [-0.25, -0.2) is 4.98 Å². The second-order valence-electron chi connectivity index (χ2n) is 3.86. The molecule has 0 aliphatic carbocycles. The second-order valence-corrected chi connectivity index (χ2v) is 6.08. The highest BCUT2D eigenvalue weighted by Crippen LogP contribution is 2.34. The molecular formula is C13H13BrN2O2S2. The minimum absolute atomic E-state index is 0.185. The molecule has 0 unspecified atom stereocenters. The molecule has 0 radical (unpaired) electrons. The molecule has 1 heterocycles. The summed E-state index contributed by atoms with van der Waals surface area (Å²) in [6, 6.07) is 5.69. The van der Waals surface area contributed by atoms with Crippen molar-refractivity contribution in [1.29, 1.82) is 0 Å². The van der Waals surface area contributed by atoms with Crippen molar-refractivity contribution in [2.24, 2.45) is 0 Å². The fraction of sp³-hybridized carbons (Fsp3) is 0.231. The van der Waals surface area contributed by atoms with Crippen LogP contribution in [0, 0.1) is 0 Å². The first kappa shape index (κ1) is 15.3. The number of halogens is 1. The van der Waals surface area contributed by atoms with Gasteiger partial charge in [0, 0.05) is 22.2 Å². The van der Waals surface area contributed by atoms with Crippen molar-refractivity contribution < 1.29 is 9.53 Å². The third-order valence-electron chi connectivity index (χ3n) is 2.53. The average Bonchev–Trinajstić information content (AvgIpc) is 2.94. The Morgan fingerprint density at radius 1 is 1.55 bits per heavy atom. The van der Waals surface area contributed by atoms with Gasteiger partial charge in [0.2, 0.25) is 0 Å². The summed E-state index contributed by atoms with van der Waals surface area (Å²) >= 11 is 8.89. The van der Waals surface area contributed by atoms with Crippen molar-refractivity contribution in [1.82, 2.24) is 10.3 Å². The number of thiol groups is 1. The summed E-state index contributed by atoms with van der Waals surface area (Å²) in [4.78, 5) is 16.2. The van der Waals surface area contributed by atoms with E-state index in [0.29, 0.717) is 18.0 Å². The van der Waals surface area contributed by atoms with Crippen LogP contribution in [0.1, 0.15) is 10.5 Å². The largest absolute Gasteiger partial charge is 0.496 e. The van der Waals surface area contributed by atoms with Crippen LogP contribution in [0.4, 0.5) is 0 Å². The van der Waals surface area contributed by atoms with E-state index in [0.717, 1.165) is 20.8 Å². The van der Waals surface area contributed by atoms with E-state index in [9.17, 15) is 4.79 Å². The number of aromatic nitrogens is 1. The third-order valence-corrected chi connectivity index (χ3v) is 4.12. The lowest BCUT2D eigenvalue weighted by molar-refractivity contribution is 0.0952. The summed E-state index contributed by atoms with van der Waals surface area (Å²) < 4.78 is 6.26. The molecule has 1 aromatic carbocycles. The maximum Gasteiger partial charge on any atom is 0.270 e. The van der Waals surface area contributed by atoms with Gasteiger partial charge in [-0.05, 0) is 18.2 Å². The number of nitrogens with zero attached hydrogens (tertiary/aromatic N) is 1. The molecule has 20 heavy (non-hydrogen) atoms. The van der Waals surface area contributed by atoms with Gasteiger partial charge in [0.25, 0.3) is 5.91 Å². The van der Waals surface area contributed by atoms with Crippen LogP contribution >= 0.6 is 39.9 Å². The third kappa shape index (κ3) is 3.53. The fourth-order valence-corrected chi connectivity index (χ4v) is 2.90. The van der Waals surface area contributed by atoms with Crippen LogP contribution in [-0.4, -0.2) is 30.3 Å². The Kier molecular flexibility index (Phi) is 5.45. The Bertz CT molecular complexity index is 616. The van der Waals surface area contributed by atoms with Gasteiger partial charge < -0.3 is 10.1 Å². The Morgan fingerprint density at radius 2 is 2.35 bits per heavy atom. The summed E-state index contributed by atoms with van der Waals surface area (Å²) in [5.41, 5.74) is 1.27. The number of methoxy groups -OCH3 is 1. The number of thiazole rings is 1. The highest BCUT2D eigenvalue weighted by molar-refractivity contribution is 9.10. The molecule has 1 amide bonds. The molecular weight excluding hydrogens is 360 g/mol. The highest BCUT2D eigenvalue weighted by atomic mass is 79.9. The van der Waals surface area contributed by atoms with E-state index in [4.69, 9.17) is 4.74 Å². The number of carbonyl (C=O) groups excluding carboxylic acids is 1. The van der Waals surface area contributed by atoms with Gasteiger partial charge in [-0.15, -0.1) is 11.3 Å². The molecule has 0 bridgehead atoms. The van der Waals surface area contributed by atoms with E-state index in [-0.39, 0.29) is 5.91 Å². The number of rotatable bonds is 5. The van der Waals surface area contributed by atoms with E-state index >= 15 is 0 Å². The SMILES string of the molecule is COc1ccc(Br)cc1-c1nc(C(=O)NCCS)cs1. The predicted molar refractivity (Wildman–Crippen MR) is 88.0 cm³/mol. The van der Waals surface area contributed by atoms with Crippen LogP contribution in [-0.2, 0) is 0 Å². The van der Waals surface area contributed by atoms with Gasteiger partial charge >= 0.3 is 0 Å². The van der Waals surface area contributed by atoms with Crippen molar-refractivity contribution in [2.45, 2.75) is 0 Å². The van der Waals surface area contributed by atoms with Crippen molar-refractivity contribution >= 4 is 45.8 Å². The monoisotopic (exact) mass is 372 g/mol. The quantitative estimate of drug-likeness (QED) is 0.792. The molecule has 0 saturated heterocycles. The van der Waals surface area contributed by atoms with Gasteiger partial charge in [0.15, 0.2) is 0 Å². The molecule has 0 atom stereocenters. The normalized spacial score (nSPS) is 10.3. The minimum atomic E-state index is -0.185. The van der Waals surface area contributed by atoms with E-state index < -0.39 is 0 Å². The Morgan fingerprint density at radius 3 is 3.05 bits per heavy atom. The summed E-state index contributed by atoms with van der Waals surface area (Å²) in [6.45, 7) is 0.523. The van der Waals surface area contributed by atoms with E-state index in [1.54, 1.807) is 12.5 Å². The zero-order valence-electron chi connectivity index (χ0n) is 10.7. The van der Waals surface area contributed by atoms with Crippen LogP contribution in [0.25, 0.3) is 10.6 Å². The molecule has 1 N–H and O–H groups in total. The molecule has 106 valence electrons. The predicted octanol–water partition coefficient (Wildman–Crippen LogP) is 3.24. The smallest absolute Gasteiger partial charge is 0.270 e. The van der Waals surface area contributed by atoms with Crippen molar-refractivity contribution in [3.8, 4) is 16.3 Å². The Hall–Kier alpha value is -1.05. The first-order valence-electron chi connectivity index (χ1n) is 5.84. The molecule has 7 heteroatoms. The molecule has 2 rings (SSSR count). The first-order chi connectivity index (χ1) is 9.65. The molecule has 0 aliphatic heterocycles. The van der Waals surface area contributed by atoms with E-state index in [2.05, 4.69) is 38.9 Å². The van der Waals surface area contributed by atoms with Gasteiger partial charge in [-0.1, -0.05) is 15.9 Å². The standard InChI is InChI=1S/C13H13BrN2O2S2/c1-18-11-3-2-8(14)6-9(11)13-16-10(7-20-13)12(17)15-4-5-19/h2-3,6-7,19H,4-5H2,1H3,(H,15,17). The summed E-state index contributed by atoms with van der Waals surface area (Å²) in [6.07, 6.45) is 0. The van der Waals surface area contributed by atoms with Crippen molar-refractivity contribution in [3.63, 3.8) is 0 Å². The van der Waals surface area contributed by atoms with Crippen LogP contribution in [0.2, 0.25) is 0 Å². The minimum Gasteiger partial charge on any atom is -0.496 e. The fourth-order valence-electron chi connectivity index (χ4n) is 1.61. The van der Waals surface area contributed by atoms with E-state index in [1.165, 1.54) is 11.3 Å². The van der Waals surface area contributed by atoms with Crippen molar-refractivity contribution in [3.05, 3.63) is 33.7 Å². The van der Waals surface area contributed by atoms with Crippen LogP contribution < -0.4 is 10.1 Å². The lowest BCUT2D eigenvalue weighted by Gasteiger charge is -2.06. The lowest BCUT2D eigenvalue weighted by atomic mass is 10.2. The van der Waals surface area contributed by atoms with Gasteiger partial charge in [-0.2, -0.15) is 12.6 Å². The second kappa shape index (κ2) is 7.10. The van der Waals surface area contributed by atoms with Gasteiger partial charge in [0.05, 0.1) is 12.7 Å². The lowest BCUT2D eigenvalue weighted by Crippen LogP contribution is -2.25. The van der Waals surface area contributed by atoms with Gasteiger partial charge in [0.1, 0.15) is 16.5 Å². The molecule has 0 spiro atoms. The molecule has 0 fully saturated rings. The highest BCUT2D eigenvalue weighted by Gasteiger charge is 2.14. The number of benzene rings is 1. The maximum absolute atomic E-state index is 11.8. The maximum atomic E-state index is 11.8. The average molecular weight is 373 g/mol. The molecule has 2 aromatic rings. The van der Waals surface area contributed by atoms with Gasteiger partial charge in [-0.3, -0.25) is 4.79 Å². The Labute approximate surface area is 135 Å². The van der Waals surface area contributed by atoms with Crippen LogP contribution in [0.15, 0.2) is 28.1 Å². The number of amides is 1. The molecule has 1 aromatic heterocycles. The molecule has 4 nitrogen and oxygen atoms in total. The molecule has 0 aliphatic rings. The zero-order valence-corrected chi connectivity index (χ0v) is 14.0. The number of carbonyl (C=O) groups is 1. The summed E-state index contributed by atoms with van der Waals surface area (Å²) in [7, 11) is 1.61. The van der Waals surface area contributed by atoms with Crippen LogP contribution in [0.5, 0.6) is 5.75 Å². The number of nitrogens with one attached hydrogen (secondary N) is 1. The topological polar surface area (TPSA) is 51.2 Å². The first-order valence-corrected chi connectivity index (χ1v) is 8.14. The number of ether oxygens (including phenoxy) is 1.